The number of hydrogen-bond acceptors (Lipinski definition) is 4. The number of nitrogens with one attached hydrogen (secondary N) is 1. The highest BCUT2D eigenvalue weighted by Crippen LogP contribution is 2.31. The molecule has 1 saturated heterocycles. The van der Waals surface area contributed by atoms with Crippen molar-refractivity contribution in [2.24, 2.45) is 5.84 Å². The monoisotopic (exact) mass is 270 g/mol. The van der Waals surface area contributed by atoms with E-state index in [2.05, 4.69) is 5.43 Å². The minimum Gasteiger partial charge on any atom is -0.495 e. The molecule has 4 nitrogen and oxygen atoms in total. The van der Waals surface area contributed by atoms with Crippen molar-refractivity contribution in [1.82, 2.24) is 5.43 Å². The second-order valence-electron chi connectivity index (χ2n) is 4.44. The van der Waals surface area contributed by atoms with E-state index in [0.717, 1.165) is 25.0 Å². The highest BCUT2D eigenvalue weighted by atomic mass is 35.5. The zero-order valence-corrected chi connectivity index (χ0v) is 11.2. The largest absolute Gasteiger partial charge is 0.495 e. The number of halogens is 1. The Hall–Kier alpha value is -0.810. The third-order valence-electron chi connectivity index (χ3n) is 3.30. The highest BCUT2D eigenvalue weighted by molar-refractivity contribution is 6.32. The van der Waals surface area contributed by atoms with Crippen molar-refractivity contribution in [1.29, 1.82) is 0 Å². The minimum atomic E-state index is -0.0310. The number of hydrazine groups is 1. The Kier molecular flexibility index (Phi) is 4.83. The minimum absolute atomic E-state index is 0.0310. The fourth-order valence-electron chi connectivity index (χ4n) is 2.32. The summed E-state index contributed by atoms with van der Waals surface area (Å²) in [6, 6.07) is 5.65. The fraction of sp³-hybridized carbons (Fsp3) is 0.538. The standard InChI is InChI=1S/C13H19ClN2O2/c1-17-12-8-9(5-6-10(12)14)13(16-15)11-4-2-3-7-18-11/h5-6,8,11,13,16H,2-4,7,15H2,1H3. The van der Waals surface area contributed by atoms with Crippen LogP contribution in [-0.2, 0) is 4.74 Å². The SMILES string of the molecule is COc1cc(C(NN)C2CCCCO2)ccc1Cl. The molecule has 100 valence electrons. The second kappa shape index (κ2) is 6.38. The molecule has 18 heavy (non-hydrogen) atoms. The molecule has 2 atom stereocenters. The van der Waals surface area contributed by atoms with Gasteiger partial charge in [0.1, 0.15) is 5.75 Å². The van der Waals surface area contributed by atoms with Gasteiger partial charge in [0.15, 0.2) is 0 Å². The predicted molar refractivity (Wildman–Crippen MR) is 71.7 cm³/mol. The maximum Gasteiger partial charge on any atom is 0.137 e. The van der Waals surface area contributed by atoms with Crippen LogP contribution in [0.3, 0.4) is 0 Å². The van der Waals surface area contributed by atoms with E-state index >= 15 is 0 Å². The van der Waals surface area contributed by atoms with Crippen molar-refractivity contribution in [2.45, 2.75) is 31.4 Å². The molecular formula is C13H19ClN2O2. The van der Waals surface area contributed by atoms with E-state index in [1.165, 1.54) is 6.42 Å². The summed E-state index contributed by atoms with van der Waals surface area (Å²) in [7, 11) is 1.60. The molecule has 3 N–H and O–H groups in total. The van der Waals surface area contributed by atoms with Gasteiger partial charge in [-0.1, -0.05) is 17.7 Å². The molecule has 0 spiro atoms. The fourth-order valence-corrected chi connectivity index (χ4v) is 2.51. The molecule has 1 fully saturated rings. The number of hydrogen-bond donors (Lipinski definition) is 2. The van der Waals surface area contributed by atoms with Gasteiger partial charge in [-0.15, -0.1) is 0 Å². The predicted octanol–water partition coefficient (Wildman–Crippen LogP) is 2.42. The van der Waals surface area contributed by atoms with Gasteiger partial charge in [-0.2, -0.15) is 0 Å². The molecule has 0 saturated carbocycles. The summed E-state index contributed by atoms with van der Waals surface area (Å²) >= 11 is 6.02. The number of ether oxygens (including phenoxy) is 2. The molecular weight excluding hydrogens is 252 g/mol. The molecule has 2 unspecified atom stereocenters. The van der Waals surface area contributed by atoms with Crippen molar-refractivity contribution in [2.75, 3.05) is 13.7 Å². The summed E-state index contributed by atoms with van der Waals surface area (Å²) in [4.78, 5) is 0. The average Bonchev–Trinajstić information content (AvgIpc) is 2.42. The molecule has 1 aromatic carbocycles. The van der Waals surface area contributed by atoms with Crippen molar-refractivity contribution in [3.05, 3.63) is 28.8 Å². The van der Waals surface area contributed by atoms with Crippen LogP contribution in [-0.4, -0.2) is 19.8 Å². The van der Waals surface area contributed by atoms with Crippen molar-refractivity contribution < 1.29 is 9.47 Å². The van der Waals surface area contributed by atoms with Crippen LogP contribution in [0.25, 0.3) is 0 Å². The third kappa shape index (κ3) is 2.95. The van der Waals surface area contributed by atoms with E-state index in [0.29, 0.717) is 10.8 Å². The molecule has 0 aliphatic carbocycles. The zero-order valence-electron chi connectivity index (χ0n) is 10.5. The van der Waals surface area contributed by atoms with Gasteiger partial charge in [0, 0.05) is 6.61 Å². The molecule has 2 rings (SSSR count). The van der Waals surface area contributed by atoms with Gasteiger partial charge in [0.05, 0.1) is 24.3 Å². The van der Waals surface area contributed by atoms with E-state index in [1.54, 1.807) is 7.11 Å². The average molecular weight is 271 g/mol. The quantitative estimate of drug-likeness (QED) is 0.652. The Bertz CT molecular complexity index is 395. The van der Waals surface area contributed by atoms with E-state index in [1.807, 2.05) is 18.2 Å². The number of benzene rings is 1. The van der Waals surface area contributed by atoms with Crippen LogP contribution < -0.4 is 16.0 Å². The van der Waals surface area contributed by atoms with Gasteiger partial charge in [0.25, 0.3) is 0 Å². The van der Waals surface area contributed by atoms with Crippen molar-refractivity contribution >= 4 is 11.6 Å². The van der Waals surface area contributed by atoms with E-state index in [4.69, 9.17) is 26.9 Å². The summed E-state index contributed by atoms with van der Waals surface area (Å²) < 4.78 is 11.0. The lowest BCUT2D eigenvalue weighted by Crippen LogP contribution is -2.39. The van der Waals surface area contributed by atoms with E-state index in [-0.39, 0.29) is 12.1 Å². The third-order valence-corrected chi connectivity index (χ3v) is 3.61. The molecule has 5 heteroatoms. The highest BCUT2D eigenvalue weighted by Gasteiger charge is 2.25. The van der Waals surface area contributed by atoms with Gasteiger partial charge in [-0.05, 0) is 37.0 Å². The van der Waals surface area contributed by atoms with Gasteiger partial charge in [-0.3, -0.25) is 11.3 Å². The zero-order chi connectivity index (χ0) is 13.0. The van der Waals surface area contributed by atoms with Crippen LogP contribution in [0.4, 0.5) is 0 Å². The van der Waals surface area contributed by atoms with E-state index < -0.39 is 0 Å². The number of nitrogens with two attached hydrogens (primary N) is 1. The molecule has 1 aliphatic heterocycles. The molecule has 0 amide bonds. The maximum absolute atomic E-state index is 6.02. The lowest BCUT2D eigenvalue weighted by atomic mass is 9.96. The Morgan fingerprint density at radius 2 is 2.33 bits per heavy atom. The molecule has 0 aromatic heterocycles. The normalized spacial score (nSPS) is 21.6. The summed E-state index contributed by atoms with van der Waals surface area (Å²) in [5, 5.41) is 0.599. The molecule has 0 bridgehead atoms. The van der Waals surface area contributed by atoms with Gasteiger partial charge < -0.3 is 9.47 Å². The molecule has 1 aromatic rings. The van der Waals surface area contributed by atoms with Crippen LogP contribution in [0, 0.1) is 0 Å². The number of rotatable bonds is 4. The first-order valence-electron chi connectivity index (χ1n) is 6.17. The summed E-state index contributed by atoms with van der Waals surface area (Å²) in [6.07, 6.45) is 3.42. The first-order chi connectivity index (χ1) is 8.76. The van der Waals surface area contributed by atoms with Gasteiger partial charge >= 0.3 is 0 Å². The molecule has 1 aliphatic rings. The Balaban J connectivity index is 2.20. The van der Waals surface area contributed by atoms with Crippen molar-refractivity contribution in [3.8, 4) is 5.75 Å². The molecule has 1 heterocycles. The first kappa shape index (κ1) is 13.6. The smallest absolute Gasteiger partial charge is 0.137 e. The summed E-state index contributed by atoms with van der Waals surface area (Å²) in [5.41, 5.74) is 3.87. The van der Waals surface area contributed by atoms with Crippen LogP contribution in [0.1, 0.15) is 30.9 Å². The first-order valence-corrected chi connectivity index (χ1v) is 6.55. The lowest BCUT2D eigenvalue weighted by molar-refractivity contribution is -0.00824. The van der Waals surface area contributed by atoms with E-state index in [9.17, 15) is 0 Å². The van der Waals surface area contributed by atoms with Crippen LogP contribution in [0.15, 0.2) is 18.2 Å². The molecule has 0 radical (unpaired) electrons. The summed E-state index contributed by atoms with van der Waals surface area (Å²) in [6.45, 7) is 0.799. The van der Waals surface area contributed by atoms with Crippen LogP contribution >= 0.6 is 11.6 Å². The van der Waals surface area contributed by atoms with Gasteiger partial charge in [0.2, 0.25) is 0 Å². The Morgan fingerprint density at radius 1 is 1.50 bits per heavy atom. The Morgan fingerprint density at radius 3 is 2.94 bits per heavy atom. The topological polar surface area (TPSA) is 56.5 Å². The van der Waals surface area contributed by atoms with Crippen molar-refractivity contribution in [3.63, 3.8) is 0 Å². The maximum atomic E-state index is 6.02. The van der Waals surface area contributed by atoms with Gasteiger partial charge in [-0.25, -0.2) is 0 Å². The summed E-state index contributed by atoms with van der Waals surface area (Å²) in [5.74, 6) is 6.32. The second-order valence-corrected chi connectivity index (χ2v) is 4.85. The Labute approximate surface area is 112 Å². The lowest BCUT2D eigenvalue weighted by Gasteiger charge is -2.30. The van der Waals surface area contributed by atoms with Crippen LogP contribution in [0.2, 0.25) is 5.02 Å². The number of methoxy groups -OCH3 is 1. The van der Waals surface area contributed by atoms with Crippen LogP contribution in [0.5, 0.6) is 5.75 Å².